The average molecular weight is 496 g/mol. The summed E-state index contributed by atoms with van der Waals surface area (Å²) in [4.78, 5) is 12.8. The summed E-state index contributed by atoms with van der Waals surface area (Å²) in [6.07, 6.45) is 1.75. The zero-order chi connectivity index (χ0) is 24.2. The predicted octanol–water partition coefficient (Wildman–Crippen LogP) is 2.56. The number of amides is 1. The number of hydrogen-bond acceptors (Lipinski definition) is 6. The van der Waals surface area contributed by atoms with Gasteiger partial charge in [-0.3, -0.25) is 4.79 Å². The van der Waals surface area contributed by atoms with Crippen LogP contribution in [0.15, 0.2) is 47.4 Å². The lowest BCUT2D eigenvalue weighted by Crippen LogP contribution is -2.30. The minimum atomic E-state index is -3.76. The number of ether oxygens (including phenoxy) is 1. The Hall–Kier alpha value is -2.47. The van der Waals surface area contributed by atoms with Crippen molar-refractivity contribution in [2.45, 2.75) is 43.4 Å². The Morgan fingerprint density at radius 2 is 1.67 bits per heavy atom. The molecule has 0 aliphatic carbocycles. The third-order valence-electron chi connectivity index (χ3n) is 5.14. The van der Waals surface area contributed by atoms with Crippen LogP contribution in [-0.4, -0.2) is 53.3 Å². The fraction of sp³-hybridized carbons (Fsp3) is 0.409. The number of methoxy groups -OCH3 is 1. The first-order valence-electron chi connectivity index (χ1n) is 10.6. The van der Waals surface area contributed by atoms with Crippen molar-refractivity contribution < 1.29 is 26.4 Å². The van der Waals surface area contributed by atoms with E-state index in [0.29, 0.717) is 30.0 Å². The lowest BCUT2D eigenvalue weighted by atomic mass is 10.1. The van der Waals surface area contributed by atoms with Crippen LogP contribution in [0, 0.1) is 0 Å². The first kappa shape index (κ1) is 25.2. The Labute approximate surface area is 195 Å². The van der Waals surface area contributed by atoms with Gasteiger partial charge in [0.2, 0.25) is 20.0 Å². The highest BCUT2D eigenvalue weighted by Crippen LogP contribution is 2.28. The molecule has 0 radical (unpaired) electrons. The Kier molecular flexibility index (Phi) is 7.78. The normalized spacial score (nSPS) is 15.0. The second-order valence-electron chi connectivity index (χ2n) is 8.15. The fourth-order valence-electron chi connectivity index (χ4n) is 3.55. The summed E-state index contributed by atoms with van der Waals surface area (Å²) in [5.41, 5.74) is 1.09. The van der Waals surface area contributed by atoms with Crippen LogP contribution in [0.2, 0.25) is 0 Å². The van der Waals surface area contributed by atoms with Crippen LogP contribution in [0.4, 0.5) is 5.69 Å². The van der Waals surface area contributed by atoms with Crippen molar-refractivity contribution in [3.05, 3.63) is 53.6 Å². The van der Waals surface area contributed by atoms with Gasteiger partial charge in [0.25, 0.3) is 5.91 Å². The van der Waals surface area contributed by atoms with Gasteiger partial charge in [0.05, 0.1) is 23.4 Å². The molecule has 0 bridgehead atoms. The molecule has 0 atom stereocenters. The second-order valence-corrected chi connectivity index (χ2v) is 11.8. The predicted molar refractivity (Wildman–Crippen MR) is 126 cm³/mol. The van der Waals surface area contributed by atoms with Crippen LogP contribution in [0.1, 0.15) is 42.6 Å². The quantitative estimate of drug-likeness (QED) is 0.551. The highest BCUT2D eigenvalue weighted by Gasteiger charge is 2.25. The van der Waals surface area contributed by atoms with Crippen LogP contribution < -0.4 is 14.8 Å². The number of carbonyl (C=O) groups is 1. The van der Waals surface area contributed by atoms with Crippen molar-refractivity contribution in [2.24, 2.45) is 0 Å². The maximum absolute atomic E-state index is 12.8. The standard InChI is InChI=1S/C22H29N3O6S2/c1-16(2)24-33(29,30)19-10-11-21(31-3)20(14-19)23-22(26)18-8-6-17(7-9-18)15-32(27,28)25-12-4-5-13-25/h6-11,14,16,24H,4-5,12-13,15H2,1-3H3,(H,23,26). The second kappa shape index (κ2) is 10.2. The Bertz CT molecular complexity index is 1200. The molecule has 0 aromatic heterocycles. The lowest BCUT2D eigenvalue weighted by Gasteiger charge is -2.16. The summed E-state index contributed by atoms with van der Waals surface area (Å²) in [6, 6.07) is 10.2. The van der Waals surface area contributed by atoms with E-state index >= 15 is 0 Å². The van der Waals surface area contributed by atoms with Crippen molar-refractivity contribution >= 4 is 31.6 Å². The molecular formula is C22H29N3O6S2. The van der Waals surface area contributed by atoms with Crippen LogP contribution in [0.3, 0.4) is 0 Å². The molecule has 1 heterocycles. The number of hydrogen-bond donors (Lipinski definition) is 2. The monoisotopic (exact) mass is 495 g/mol. The van der Waals surface area contributed by atoms with E-state index in [9.17, 15) is 21.6 Å². The molecule has 1 aliphatic heterocycles. The molecule has 180 valence electrons. The fourth-order valence-corrected chi connectivity index (χ4v) is 6.43. The van der Waals surface area contributed by atoms with Gasteiger partial charge in [0, 0.05) is 24.7 Å². The molecular weight excluding hydrogens is 466 g/mol. The molecule has 0 saturated carbocycles. The van der Waals surface area contributed by atoms with Gasteiger partial charge in [0.1, 0.15) is 5.75 Å². The highest BCUT2D eigenvalue weighted by molar-refractivity contribution is 7.89. The highest BCUT2D eigenvalue weighted by atomic mass is 32.2. The molecule has 2 aromatic rings. The van der Waals surface area contributed by atoms with Gasteiger partial charge in [-0.25, -0.2) is 25.9 Å². The van der Waals surface area contributed by atoms with Crippen LogP contribution in [0.5, 0.6) is 5.75 Å². The third-order valence-corrected chi connectivity index (χ3v) is 8.65. The van der Waals surface area contributed by atoms with Crippen molar-refractivity contribution in [3.63, 3.8) is 0 Å². The number of nitrogens with zero attached hydrogens (tertiary/aromatic N) is 1. The van der Waals surface area contributed by atoms with E-state index in [1.165, 1.54) is 41.7 Å². The zero-order valence-electron chi connectivity index (χ0n) is 18.9. The van der Waals surface area contributed by atoms with Gasteiger partial charge in [0.15, 0.2) is 0 Å². The van der Waals surface area contributed by atoms with Crippen molar-refractivity contribution in [3.8, 4) is 5.75 Å². The number of rotatable bonds is 9. The van der Waals surface area contributed by atoms with Gasteiger partial charge >= 0.3 is 0 Å². The van der Waals surface area contributed by atoms with E-state index in [4.69, 9.17) is 4.74 Å². The number of nitrogens with one attached hydrogen (secondary N) is 2. The summed E-state index contributed by atoms with van der Waals surface area (Å²) in [7, 11) is -5.72. The van der Waals surface area contributed by atoms with Crippen LogP contribution >= 0.6 is 0 Å². The SMILES string of the molecule is COc1ccc(S(=O)(=O)NC(C)C)cc1NC(=O)c1ccc(CS(=O)(=O)N2CCCC2)cc1. The zero-order valence-corrected chi connectivity index (χ0v) is 20.5. The number of carbonyl (C=O) groups excluding carboxylic acids is 1. The molecule has 2 N–H and O–H groups in total. The smallest absolute Gasteiger partial charge is 0.255 e. The molecule has 1 amide bonds. The van der Waals surface area contributed by atoms with Crippen molar-refractivity contribution in [1.82, 2.24) is 9.03 Å². The topological polar surface area (TPSA) is 122 Å². The van der Waals surface area contributed by atoms with E-state index in [-0.39, 0.29) is 22.4 Å². The molecule has 1 aliphatic rings. The average Bonchev–Trinajstić information content (AvgIpc) is 3.29. The van der Waals surface area contributed by atoms with E-state index in [2.05, 4.69) is 10.0 Å². The Balaban J connectivity index is 1.76. The first-order valence-corrected chi connectivity index (χ1v) is 13.7. The minimum Gasteiger partial charge on any atom is -0.495 e. The molecule has 33 heavy (non-hydrogen) atoms. The van der Waals surface area contributed by atoms with Crippen molar-refractivity contribution in [2.75, 3.05) is 25.5 Å². The maximum atomic E-state index is 12.8. The molecule has 3 rings (SSSR count). The van der Waals surface area contributed by atoms with Gasteiger partial charge in [-0.05, 0) is 62.6 Å². The Morgan fingerprint density at radius 1 is 1.03 bits per heavy atom. The summed E-state index contributed by atoms with van der Waals surface area (Å²) in [5.74, 6) is -0.292. The number of benzene rings is 2. The molecule has 1 saturated heterocycles. The molecule has 0 spiro atoms. The van der Waals surface area contributed by atoms with Crippen LogP contribution in [0.25, 0.3) is 0 Å². The molecule has 9 nitrogen and oxygen atoms in total. The van der Waals surface area contributed by atoms with Gasteiger partial charge in [-0.2, -0.15) is 0 Å². The Morgan fingerprint density at radius 3 is 2.24 bits per heavy atom. The summed E-state index contributed by atoms with van der Waals surface area (Å²) in [6.45, 7) is 4.52. The molecule has 2 aromatic carbocycles. The van der Waals surface area contributed by atoms with Gasteiger partial charge in [-0.1, -0.05) is 12.1 Å². The number of anilines is 1. The molecule has 11 heteroatoms. The van der Waals surface area contributed by atoms with E-state index < -0.39 is 26.0 Å². The van der Waals surface area contributed by atoms with Crippen LogP contribution in [-0.2, 0) is 25.8 Å². The van der Waals surface area contributed by atoms with E-state index in [1.807, 2.05) is 0 Å². The third kappa shape index (κ3) is 6.32. The van der Waals surface area contributed by atoms with E-state index in [1.54, 1.807) is 26.0 Å². The number of sulfonamides is 2. The molecule has 1 fully saturated rings. The van der Waals surface area contributed by atoms with E-state index in [0.717, 1.165) is 12.8 Å². The summed E-state index contributed by atoms with van der Waals surface area (Å²) < 4.78 is 59.2. The molecule has 0 unspecified atom stereocenters. The first-order chi connectivity index (χ1) is 15.5. The van der Waals surface area contributed by atoms with Gasteiger partial charge < -0.3 is 10.1 Å². The lowest BCUT2D eigenvalue weighted by molar-refractivity contribution is 0.102. The van der Waals surface area contributed by atoms with Crippen molar-refractivity contribution in [1.29, 1.82) is 0 Å². The minimum absolute atomic E-state index is 0.00485. The summed E-state index contributed by atoms with van der Waals surface area (Å²) >= 11 is 0. The largest absolute Gasteiger partial charge is 0.495 e. The van der Waals surface area contributed by atoms with Gasteiger partial charge in [-0.15, -0.1) is 0 Å². The maximum Gasteiger partial charge on any atom is 0.255 e. The summed E-state index contributed by atoms with van der Waals surface area (Å²) in [5, 5.41) is 2.67.